The predicted molar refractivity (Wildman–Crippen MR) is 98.1 cm³/mol. The van der Waals surface area contributed by atoms with Gasteiger partial charge in [0, 0.05) is 26.2 Å². The molecule has 7 nitrogen and oxygen atoms in total. The predicted octanol–water partition coefficient (Wildman–Crippen LogP) is 1.42. The van der Waals surface area contributed by atoms with Crippen molar-refractivity contribution in [1.29, 1.82) is 0 Å². The lowest BCUT2D eigenvalue weighted by molar-refractivity contribution is -0.125. The van der Waals surface area contributed by atoms with Gasteiger partial charge >= 0.3 is 0 Å². The summed E-state index contributed by atoms with van der Waals surface area (Å²) in [7, 11) is 2.05. The summed E-state index contributed by atoms with van der Waals surface area (Å²) in [6, 6.07) is 4.19. The van der Waals surface area contributed by atoms with Crippen molar-refractivity contribution in [2.75, 3.05) is 38.5 Å². The third-order valence-corrected chi connectivity index (χ3v) is 5.04. The molecule has 2 amide bonds. The van der Waals surface area contributed by atoms with Crippen LogP contribution in [0, 0.1) is 0 Å². The van der Waals surface area contributed by atoms with Crippen LogP contribution in [0.2, 0.25) is 10.0 Å². The average Bonchev–Trinajstić information content (AvgIpc) is 2.59. The molecule has 0 aliphatic carbocycles. The summed E-state index contributed by atoms with van der Waals surface area (Å²) in [4.78, 5) is 33.2. The van der Waals surface area contributed by atoms with Crippen LogP contribution in [0.25, 0.3) is 0 Å². The Bertz CT molecular complexity index is 716. The fourth-order valence-electron chi connectivity index (χ4n) is 2.72. The van der Waals surface area contributed by atoms with Crippen molar-refractivity contribution in [2.24, 2.45) is 4.99 Å². The van der Waals surface area contributed by atoms with Gasteiger partial charge in [0.25, 0.3) is 0 Å². The van der Waals surface area contributed by atoms with E-state index in [4.69, 9.17) is 23.2 Å². The van der Waals surface area contributed by atoms with Gasteiger partial charge < -0.3 is 15.1 Å². The lowest BCUT2D eigenvalue weighted by Gasteiger charge is -2.36. The van der Waals surface area contributed by atoms with Crippen molar-refractivity contribution in [3.63, 3.8) is 0 Å². The van der Waals surface area contributed by atoms with Crippen LogP contribution in [0.15, 0.2) is 23.2 Å². The third-order valence-electron chi connectivity index (χ3n) is 4.22. The molecule has 0 aromatic heterocycles. The van der Waals surface area contributed by atoms with Crippen molar-refractivity contribution < 1.29 is 9.59 Å². The van der Waals surface area contributed by atoms with Crippen LogP contribution in [0.1, 0.15) is 6.42 Å². The second kappa shape index (κ2) is 7.59. The quantitative estimate of drug-likeness (QED) is 0.809. The Morgan fingerprint density at radius 1 is 1.28 bits per heavy atom. The van der Waals surface area contributed by atoms with E-state index in [2.05, 4.69) is 20.5 Å². The van der Waals surface area contributed by atoms with Gasteiger partial charge in [0.1, 0.15) is 6.04 Å². The van der Waals surface area contributed by atoms with Crippen LogP contribution in [-0.2, 0) is 9.59 Å². The van der Waals surface area contributed by atoms with E-state index in [9.17, 15) is 9.59 Å². The van der Waals surface area contributed by atoms with Gasteiger partial charge in [-0.1, -0.05) is 29.3 Å². The largest absolute Gasteiger partial charge is 0.340 e. The molecular weight excluding hydrogens is 365 g/mol. The van der Waals surface area contributed by atoms with E-state index in [1.54, 1.807) is 18.2 Å². The van der Waals surface area contributed by atoms with E-state index in [-0.39, 0.29) is 23.3 Å². The normalized spacial score (nSPS) is 21.6. The highest BCUT2D eigenvalue weighted by Crippen LogP contribution is 2.29. The van der Waals surface area contributed by atoms with Crippen LogP contribution in [-0.4, -0.2) is 66.8 Å². The number of nitrogens with zero attached hydrogens (tertiary/aromatic N) is 3. The number of carbonyl (C=O) groups excluding carboxylic acids is 2. The minimum absolute atomic E-state index is 0.00125. The third kappa shape index (κ3) is 4.23. The lowest BCUT2D eigenvalue weighted by atomic mass is 10.1. The van der Waals surface area contributed by atoms with Crippen LogP contribution in [0.4, 0.5) is 5.69 Å². The first-order valence-electron chi connectivity index (χ1n) is 8.00. The first-order valence-corrected chi connectivity index (χ1v) is 8.75. The number of hydrogen-bond acceptors (Lipinski definition) is 5. The van der Waals surface area contributed by atoms with Gasteiger partial charge in [0.2, 0.25) is 17.8 Å². The van der Waals surface area contributed by atoms with Gasteiger partial charge in [-0.2, -0.15) is 0 Å². The highest BCUT2D eigenvalue weighted by Gasteiger charge is 2.30. The lowest BCUT2D eigenvalue weighted by Crippen LogP contribution is -2.55. The molecule has 3 rings (SSSR count). The molecule has 0 bridgehead atoms. The Morgan fingerprint density at radius 3 is 2.72 bits per heavy atom. The van der Waals surface area contributed by atoms with Crippen LogP contribution < -0.4 is 10.6 Å². The van der Waals surface area contributed by atoms with Gasteiger partial charge in [-0.15, -0.1) is 0 Å². The number of piperazine rings is 1. The smallest absolute Gasteiger partial charge is 0.249 e. The average molecular weight is 384 g/mol. The molecule has 2 heterocycles. The summed E-state index contributed by atoms with van der Waals surface area (Å²) < 4.78 is 0. The maximum atomic E-state index is 12.5. The monoisotopic (exact) mass is 383 g/mol. The molecule has 1 atom stereocenters. The molecule has 25 heavy (non-hydrogen) atoms. The Morgan fingerprint density at radius 2 is 2.00 bits per heavy atom. The van der Waals surface area contributed by atoms with Crippen LogP contribution in [0.5, 0.6) is 0 Å². The van der Waals surface area contributed by atoms with Gasteiger partial charge in [-0.05, 0) is 19.2 Å². The Hall–Kier alpha value is -1.83. The first kappa shape index (κ1) is 18.0. The Balaban J connectivity index is 1.73. The number of carbonyl (C=O) groups is 2. The zero-order valence-corrected chi connectivity index (χ0v) is 15.3. The fourth-order valence-corrected chi connectivity index (χ4v) is 3.07. The molecule has 0 spiro atoms. The summed E-state index contributed by atoms with van der Waals surface area (Å²) in [5.41, 5.74) is 0.404. The summed E-state index contributed by atoms with van der Waals surface area (Å²) in [6.07, 6.45) is 0.00125. The van der Waals surface area contributed by atoms with E-state index in [0.29, 0.717) is 16.7 Å². The van der Waals surface area contributed by atoms with Crippen molar-refractivity contribution in [2.45, 2.75) is 12.5 Å². The van der Waals surface area contributed by atoms with Gasteiger partial charge in [0.05, 0.1) is 22.2 Å². The number of guanidine groups is 1. The number of anilines is 1. The first-order chi connectivity index (χ1) is 11.9. The van der Waals surface area contributed by atoms with Crippen molar-refractivity contribution in [3.05, 3.63) is 28.2 Å². The molecule has 0 radical (unpaired) electrons. The molecule has 134 valence electrons. The van der Waals surface area contributed by atoms with Crippen molar-refractivity contribution >= 4 is 46.7 Å². The molecule has 0 saturated carbocycles. The van der Waals surface area contributed by atoms with Gasteiger partial charge in [0.15, 0.2) is 0 Å². The molecule has 1 aromatic rings. The topological polar surface area (TPSA) is 77.0 Å². The van der Waals surface area contributed by atoms with E-state index in [0.717, 1.165) is 26.2 Å². The molecule has 2 N–H and O–H groups in total. The van der Waals surface area contributed by atoms with E-state index < -0.39 is 6.04 Å². The Kier molecular flexibility index (Phi) is 5.46. The van der Waals surface area contributed by atoms with Crippen LogP contribution >= 0.6 is 23.2 Å². The number of benzene rings is 1. The summed E-state index contributed by atoms with van der Waals surface area (Å²) in [5.74, 6) is -0.145. The van der Waals surface area contributed by atoms with Crippen molar-refractivity contribution in [3.8, 4) is 0 Å². The number of nitrogens with one attached hydrogen (secondary N) is 2. The standard InChI is InChI=1S/C16H19Cl2N5O2/c1-22-5-7-23(8-6-22)16-20-12(9-13(24)21-16)15(25)19-11-4-2-3-10(17)14(11)18/h2-4,12H,5-9H2,1H3,(H,19,25)(H,20,21,24). The maximum Gasteiger partial charge on any atom is 0.249 e. The number of halogens is 2. The SMILES string of the molecule is CN1CCN(C2=NC(C(=O)Nc3cccc(Cl)c3Cl)CC(=O)N2)CC1. The number of hydrogen-bond donors (Lipinski definition) is 2. The fraction of sp³-hybridized carbons (Fsp3) is 0.438. The number of aliphatic imine (C=N–C) groups is 1. The highest BCUT2D eigenvalue weighted by atomic mass is 35.5. The molecule has 1 fully saturated rings. The van der Waals surface area contributed by atoms with Crippen LogP contribution in [0.3, 0.4) is 0 Å². The molecular formula is C16H19Cl2N5O2. The second-order valence-corrected chi connectivity index (χ2v) is 6.89. The second-order valence-electron chi connectivity index (χ2n) is 6.10. The molecule has 2 aliphatic heterocycles. The van der Waals surface area contributed by atoms with Crippen molar-refractivity contribution in [1.82, 2.24) is 15.1 Å². The molecule has 1 saturated heterocycles. The van der Waals surface area contributed by atoms with Gasteiger partial charge in [-0.25, -0.2) is 4.99 Å². The number of rotatable bonds is 2. The molecule has 2 aliphatic rings. The minimum atomic E-state index is -0.793. The van der Waals surface area contributed by atoms with E-state index in [1.165, 1.54) is 0 Å². The van der Waals surface area contributed by atoms with Gasteiger partial charge in [-0.3, -0.25) is 14.9 Å². The number of amides is 2. The summed E-state index contributed by atoms with van der Waals surface area (Å²) in [5, 5.41) is 6.08. The maximum absolute atomic E-state index is 12.5. The van der Waals surface area contributed by atoms with E-state index in [1.807, 2.05) is 11.9 Å². The zero-order valence-electron chi connectivity index (χ0n) is 13.8. The zero-order chi connectivity index (χ0) is 18.0. The Labute approximate surface area is 156 Å². The number of likely N-dealkylation sites (N-methyl/N-ethyl adjacent to an activating group) is 1. The van der Waals surface area contributed by atoms with E-state index >= 15 is 0 Å². The summed E-state index contributed by atoms with van der Waals surface area (Å²) in [6.45, 7) is 3.27. The summed E-state index contributed by atoms with van der Waals surface area (Å²) >= 11 is 12.1. The molecule has 1 aromatic carbocycles. The molecule has 9 heteroatoms. The highest BCUT2D eigenvalue weighted by molar-refractivity contribution is 6.44. The molecule has 1 unspecified atom stereocenters. The minimum Gasteiger partial charge on any atom is -0.340 e.